The molecule has 160 valence electrons. The minimum absolute atomic E-state index is 0.0402. The normalized spacial score (nSPS) is 25.7. The number of nitro groups is 2. The molecule has 29 heavy (non-hydrogen) atoms. The van der Waals surface area contributed by atoms with Crippen molar-refractivity contribution in [1.82, 2.24) is 0 Å². The number of ether oxygens (including phenoxy) is 5. The molecule has 1 aromatic carbocycles. The van der Waals surface area contributed by atoms with Crippen LogP contribution in [0.3, 0.4) is 0 Å². The van der Waals surface area contributed by atoms with Gasteiger partial charge in [-0.2, -0.15) is 5.10 Å². The molecule has 0 saturated carbocycles. The summed E-state index contributed by atoms with van der Waals surface area (Å²) in [5.41, 5.74) is 1.94. The predicted octanol–water partition coefficient (Wildman–Crippen LogP) is 1.32. The lowest BCUT2D eigenvalue weighted by Gasteiger charge is -2.40. The fourth-order valence-electron chi connectivity index (χ4n) is 2.91. The maximum atomic E-state index is 11.3. The SMILES string of the molecule is COCC1OC(OC)C(OC)/C(=N\Nc2ccc([N+](=O)[O-])cc2[N+](=O)[O-])C1OC. The van der Waals surface area contributed by atoms with E-state index in [0.29, 0.717) is 5.71 Å². The first-order valence-electron chi connectivity index (χ1n) is 8.37. The summed E-state index contributed by atoms with van der Waals surface area (Å²) in [7, 11) is 5.79. The van der Waals surface area contributed by atoms with Crippen LogP contribution in [0.1, 0.15) is 0 Å². The lowest BCUT2D eigenvalue weighted by molar-refractivity contribution is -0.393. The summed E-state index contributed by atoms with van der Waals surface area (Å²) >= 11 is 0. The van der Waals surface area contributed by atoms with E-state index < -0.39 is 45.8 Å². The molecular weight excluding hydrogens is 392 g/mol. The van der Waals surface area contributed by atoms with Gasteiger partial charge in [0.1, 0.15) is 23.6 Å². The Labute approximate surface area is 165 Å². The summed E-state index contributed by atoms with van der Waals surface area (Å²) in [6, 6.07) is 3.18. The molecule has 4 unspecified atom stereocenters. The molecule has 1 fully saturated rings. The molecule has 0 aromatic heterocycles. The van der Waals surface area contributed by atoms with E-state index in [0.717, 1.165) is 12.1 Å². The third kappa shape index (κ3) is 5.02. The van der Waals surface area contributed by atoms with Crippen LogP contribution < -0.4 is 5.43 Å². The number of nitrogens with one attached hydrogen (secondary N) is 1. The lowest BCUT2D eigenvalue weighted by atomic mass is 9.99. The Morgan fingerprint density at radius 3 is 2.28 bits per heavy atom. The van der Waals surface area contributed by atoms with Crippen molar-refractivity contribution in [3.8, 4) is 0 Å². The van der Waals surface area contributed by atoms with Crippen LogP contribution in [0, 0.1) is 20.2 Å². The summed E-state index contributed by atoms with van der Waals surface area (Å²) in [5.74, 6) is 0. The Morgan fingerprint density at radius 2 is 1.76 bits per heavy atom. The number of methoxy groups -OCH3 is 4. The molecule has 0 spiro atoms. The molecule has 1 N–H and O–H groups in total. The van der Waals surface area contributed by atoms with Gasteiger partial charge in [0.25, 0.3) is 5.69 Å². The molecule has 1 saturated heterocycles. The minimum Gasteiger partial charge on any atom is -0.382 e. The molecule has 2 rings (SSSR count). The summed E-state index contributed by atoms with van der Waals surface area (Å²) < 4.78 is 27.1. The third-order valence-electron chi connectivity index (χ3n) is 4.24. The number of benzene rings is 1. The monoisotopic (exact) mass is 414 g/mol. The number of hydrogen-bond donors (Lipinski definition) is 1. The van der Waals surface area contributed by atoms with Gasteiger partial charge in [0.2, 0.25) is 0 Å². The molecule has 13 nitrogen and oxygen atoms in total. The van der Waals surface area contributed by atoms with Crippen molar-refractivity contribution in [2.75, 3.05) is 40.5 Å². The average molecular weight is 414 g/mol. The van der Waals surface area contributed by atoms with E-state index in [9.17, 15) is 20.2 Å². The van der Waals surface area contributed by atoms with Gasteiger partial charge in [0.15, 0.2) is 12.4 Å². The van der Waals surface area contributed by atoms with Crippen molar-refractivity contribution >= 4 is 22.8 Å². The standard InChI is InChI=1S/C16H22N4O9/c1-25-8-12-14(26-2)13(15(27-3)16(28-4)29-12)18-17-10-6-5-9(19(21)22)7-11(10)20(23)24/h5-7,12,14-17H,8H2,1-4H3/b18-13-. The Bertz CT molecular complexity index is 773. The van der Waals surface area contributed by atoms with E-state index in [1.54, 1.807) is 0 Å². The van der Waals surface area contributed by atoms with Gasteiger partial charge in [-0.15, -0.1) is 0 Å². The van der Waals surface area contributed by atoms with Crippen LogP contribution in [0.5, 0.6) is 0 Å². The molecule has 13 heteroatoms. The molecule has 1 aliphatic rings. The summed E-state index contributed by atoms with van der Waals surface area (Å²) in [6.07, 6.45) is -2.87. The van der Waals surface area contributed by atoms with Crippen LogP contribution in [-0.4, -0.2) is 75.2 Å². The highest BCUT2D eigenvalue weighted by atomic mass is 16.7. The fraction of sp³-hybridized carbons (Fsp3) is 0.562. The van der Waals surface area contributed by atoms with Crippen LogP contribution >= 0.6 is 0 Å². The lowest BCUT2D eigenvalue weighted by Crippen LogP contribution is -2.58. The van der Waals surface area contributed by atoms with Crippen LogP contribution in [0.25, 0.3) is 0 Å². The quantitative estimate of drug-likeness (QED) is 0.461. The highest BCUT2D eigenvalue weighted by molar-refractivity contribution is 5.95. The van der Waals surface area contributed by atoms with Crippen molar-refractivity contribution in [2.24, 2.45) is 5.10 Å². The van der Waals surface area contributed by atoms with Crippen LogP contribution in [-0.2, 0) is 23.7 Å². The van der Waals surface area contributed by atoms with Gasteiger partial charge in [0, 0.05) is 34.5 Å². The summed E-state index contributed by atoms with van der Waals surface area (Å²) in [5, 5.41) is 26.4. The number of non-ortho nitro benzene ring substituents is 1. The van der Waals surface area contributed by atoms with Crippen molar-refractivity contribution in [3.05, 3.63) is 38.4 Å². The number of hydrazone groups is 1. The van der Waals surface area contributed by atoms with Crippen LogP contribution in [0.2, 0.25) is 0 Å². The van der Waals surface area contributed by atoms with Gasteiger partial charge in [-0.1, -0.05) is 0 Å². The van der Waals surface area contributed by atoms with Gasteiger partial charge < -0.3 is 23.7 Å². The van der Waals surface area contributed by atoms with E-state index in [-0.39, 0.29) is 12.3 Å². The van der Waals surface area contributed by atoms with Gasteiger partial charge in [0.05, 0.1) is 22.5 Å². The zero-order chi connectivity index (χ0) is 21.6. The molecule has 1 aromatic rings. The second-order valence-corrected chi connectivity index (χ2v) is 5.91. The van der Waals surface area contributed by atoms with Crippen LogP contribution in [0.15, 0.2) is 23.3 Å². The van der Waals surface area contributed by atoms with E-state index >= 15 is 0 Å². The van der Waals surface area contributed by atoms with Crippen molar-refractivity contribution in [2.45, 2.75) is 24.6 Å². The fourth-order valence-corrected chi connectivity index (χ4v) is 2.91. The maximum absolute atomic E-state index is 11.3. The average Bonchev–Trinajstić information content (AvgIpc) is 2.71. The molecule has 1 aliphatic heterocycles. The molecule has 1 heterocycles. The van der Waals surface area contributed by atoms with E-state index in [2.05, 4.69) is 10.5 Å². The van der Waals surface area contributed by atoms with E-state index in [1.165, 1.54) is 34.5 Å². The van der Waals surface area contributed by atoms with Crippen molar-refractivity contribution in [1.29, 1.82) is 0 Å². The molecule has 0 amide bonds. The maximum Gasteiger partial charge on any atom is 0.301 e. The number of rotatable bonds is 9. The molecular formula is C16H22N4O9. The number of anilines is 1. The molecule has 0 aliphatic carbocycles. The Morgan fingerprint density at radius 1 is 1.07 bits per heavy atom. The van der Waals surface area contributed by atoms with Gasteiger partial charge in [-0.25, -0.2) is 0 Å². The number of nitro benzene ring substituents is 2. The predicted molar refractivity (Wildman–Crippen MR) is 99.9 cm³/mol. The zero-order valence-corrected chi connectivity index (χ0v) is 16.3. The highest BCUT2D eigenvalue weighted by Gasteiger charge is 2.44. The Hall–Kier alpha value is -2.71. The van der Waals surface area contributed by atoms with Gasteiger partial charge in [-0.05, 0) is 6.07 Å². The first-order chi connectivity index (χ1) is 13.9. The summed E-state index contributed by atoms with van der Waals surface area (Å²) in [4.78, 5) is 20.7. The van der Waals surface area contributed by atoms with Gasteiger partial charge in [-0.3, -0.25) is 25.7 Å². The summed E-state index contributed by atoms with van der Waals surface area (Å²) in [6.45, 7) is 0.172. The molecule has 0 bridgehead atoms. The largest absolute Gasteiger partial charge is 0.382 e. The van der Waals surface area contributed by atoms with Crippen molar-refractivity contribution in [3.63, 3.8) is 0 Å². The Balaban J connectivity index is 2.43. The Kier molecular flexibility index (Phi) is 7.92. The first kappa shape index (κ1) is 22.6. The number of hydrogen-bond acceptors (Lipinski definition) is 11. The van der Waals surface area contributed by atoms with Crippen molar-refractivity contribution < 1.29 is 33.5 Å². The smallest absolute Gasteiger partial charge is 0.301 e. The third-order valence-corrected chi connectivity index (χ3v) is 4.24. The second kappa shape index (κ2) is 10.2. The second-order valence-electron chi connectivity index (χ2n) is 5.91. The topological polar surface area (TPSA) is 157 Å². The van der Waals surface area contributed by atoms with E-state index in [1.807, 2.05) is 0 Å². The zero-order valence-electron chi connectivity index (χ0n) is 16.3. The van der Waals surface area contributed by atoms with E-state index in [4.69, 9.17) is 23.7 Å². The highest BCUT2D eigenvalue weighted by Crippen LogP contribution is 2.30. The van der Waals surface area contributed by atoms with Gasteiger partial charge >= 0.3 is 5.69 Å². The molecule has 0 radical (unpaired) electrons. The number of nitrogens with zero attached hydrogens (tertiary/aromatic N) is 3. The first-order valence-corrected chi connectivity index (χ1v) is 8.37. The van der Waals surface area contributed by atoms with Crippen LogP contribution in [0.4, 0.5) is 17.1 Å². The minimum atomic E-state index is -0.820. The molecule has 4 atom stereocenters.